The Balaban J connectivity index is 2.03. The summed E-state index contributed by atoms with van der Waals surface area (Å²) in [5, 5.41) is 0.447. The van der Waals surface area contributed by atoms with Crippen LogP contribution >= 0.6 is 11.6 Å². The van der Waals surface area contributed by atoms with Gasteiger partial charge in [0.2, 0.25) is 0 Å². The minimum atomic E-state index is -0.468. The Morgan fingerprint density at radius 3 is 2.75 bits per heavy atom. The fourth-order valence-electron chi connectivity index (χ4n) is 2.26. The maximum Gasteiger partial charge on any atom is 0.410 e. The number of hydrogen-bond acceptors (Lipinski definition) is 4. The molecule has 1 aromatic rings. The van der Waals surface area contributed by atoms with Crippen LogP contribution in [0.4, 0.5) is 4.79 Å². The van der Waals surface area contributed by atoms with Crippen LogP contribution in [0.15, 0.2) is 6.07 Å². The number of carbonyl (C=O) groups is 1. The van der Waals surface area contributed by atoms with Crippen molar-refractivity contribution in [1.82, 2.24) is 14.9 Å². The van der Waals surface area contributed by atoms with Gasteiger partial charge in [0, 0.05) is 19.0 Å². The van der Waals surface area contributed by atoms with Crippen molar-refractivity contribution in [2.24, 2.45) is 0 Å². The van der Waals surface area contributed by atoms with Gasteiger partial charge in [-0.3, -0.25) is 0 Å². The van der Waals surface area contributed by atoms with Gasteiger partial charge in [0.05, 0.1) is 5.69 Å². The maximum atomic E-state index is 12.0. The van der Waals surface area contributed by atoms with Gasteiger partial charge in [-0.15, -0.1) is 0 Å². The van der Waals surface area contributed by atoms with E-state index in [1.165, 1.54) is 0 Å². The monoisotopic (exact) mass is 297 g/mol. The highest BCUT2D eigenvalue weighted by Crippen LogP contribution is 2.28. The first-order valence-corrected chi connectivity index (χ1v) is 7.11. The molecule has 0 spiro atoms. The lowest BCUT2D eigenvalue weighted by molar-refractivity contribution is 0.0292. The number of amides is 1. The average Bonchev–Trinajstić information content (AvgIpc) is 2.74. The summed E-state index contributed by atoms with van der Waals surface area (Å²) in [5.74, 6) is 0.852. The molecule has 110 valence electrons. The number of rotatable bonds is 1. The molecule has 2 heterocycles. The Morgan fingerprint density at radius 2 is 2.15 bits per heavy atom. The fraction of sp³-hybridized carbons (Fsp3) is 0.643. The first kappa shape index (κ1) is 15.0. The van der Waals surface area contributed by atoms with Crippen LogP contribution in [-0.4, -0.2) is 39.7 Å². The number of ether oxygens (including phenoxy) is 1. The maximum absolute atomic E-state index is 12.0. The van der Waals surface area contributed by atoms with Gasteiger partial charge in [0.1, 0.15) is 16.6 Å². The van der Waals surface area contributed by atoms with Crippen LogP contribution in [0.5, 0.6) is 0 Å². The highest BCUT2D eigenvalue weighted by molar-refractivity contribution is 6.29. The SMILES string of the molecule is Cc1nc(Cl)cc([C@H]2CCN(C(=O)OC(C)(C)C)C2)n1. The third-order valence-electron chi connectivity index (χ3n) is 3.08. The van der Waals surface area contributed by atoms with Gasteiger partial charge in [0.25, 0.3) is 0 Å². The van der Waals surface area contributed by atoms with E-state index in [0.717, 1.165) is 12.1 Å². The van der Waals surface area contributed by atoms with Crippen LogP contribution in [0.2, 0.25) is 5.15 Å². The number of carbonyl (C=O) groups excluding carboxylic acids is 1. The normalized spacial score (nSPS) is 19.2. The van der Waals surface area contributed by atoms with E-state index in [0.29, 0.717) is 24.1 Å². The summed E-state index contributed by atoms with van der Waals surface area (Å²) in [5.41, 5.74) is 0.429. The van der Waals surface area contributed by atoms with Gasteiger partial charge in [-0.2, -0.15) is 0 Å². The smallest absolute Gasteiger partial charge is 0.410 e. The van der Waals surface area contributed by atoms with E-state index in [1.807, 2.05) is 27.7 Å². The summed E-state index contributed by atoms with van der Waals surface area (Å²) in [6.45, 7) is 8.71. The van der Waals surface area contributed by atoms with Crippen LogP contribution in [0, 0.1) is 6.92 Å². The molecule has 2 rings (SSSR count). The molecular weight excluding hydrogens is 278 g/mol. The van der Waals surface area contributed by atoms with E-state index < -0.39 is 5.60 Å². The molecule has 1 aliphatic heterocycles. The zero-order valence-corrected chi connectivity index (χ0v) is 13.1. The molecule has 6 heteroatoms. The summed E-state index contributed by atoms with van der Waals surface area (Å²) in [6, 6.07) is 1.78. The molecule has 0 unspecified atom stereocenters. The molecular formula is C14H20ClN3O2. The Hall–Kier alpha value is -1.36. The summed E-state index contributed by atoms with van der Waals surface area (Å²) in [6.07, 6.45) is 0.600. The van der Waals surface area contributed by atoms with Gasteiger partial charge in [0.15, 0.2) is 0 Å². The zero-order chi connectivity index (χ0) is 14.9. The van der Waals surface area contributed by atoms with Crippen LogP contribution in [0.25, 0.3) is 0 Å². The van der Waals surface area contributed by atoms with Crippen molar-refractivity contribution in [3.63, 3.8) is 0 Å². The second-order valence-corrected chi connectivity index (χ2v) is 6.46. The van der Waals surface area contributed by atoms with Crippen molar-refractivity contribution in [2.45, 2.75) is 45.6 Å². The second kappa shape index (κ2) is 5.56. The molecule has 1 aliphatic rings. The Labute approximate surface area is 124 Å². The van der Waals surface area contributed by atoms with E-state index in [-0.39, 0.29) is 12.0 Å². The molecule has 1 fully saturated rings. The Morgan fingerprint density at radius 1 is 1.45 bits per heavy atom. The molecule has 0 radical (unpaired) electrons. The van der Waals surface area contributed by atoms with Gasteiger partial charge >= 0.3 is 6.09 Å². The summed E-state index contributed by atoms with van der Waals surface area (Å²) in [4.78, 5) is 22.2. The summed E-state index contributed by atoms with van der Waals surface area (Å²) >= 11 is 5.96. The van der Waals surface area contributed by atoms with E-state index in [1.54, 1.807) is 11.0 Å². The van der Waals surface area contributed by atoms with Crippen LogP contribution in [0.3, 0.4) is 0 Å². The van der Waals surface area contributed by atoms with Crippen LogP contribution < -0.4 is 0 Å². The number of aromatic nitrogens is 2. The number of hydrogen-bond donors (Lipinski definition) is 0. The number of nitrogens with zero attached hydrogens (tertiary/aromatic N) is 3. The minimum absolute atomic E-state index is 0.196. The topological polar surface area (TPSA) is 55.3 Å². The van der Waals surface area contributed by atoms with E-state index in [9.17, 15) is 4.79 Å². The number of halogens is 1. The lowest BCUT2D eigenvalue weighted by Gasteiger charge is -2.24. The highest BCUT2D eigenvalue weighted by atomic mass is 35.5. The lowest BCUT2D eigenvalue weighted by atomic mass is 10.1. The van der Waals surface area contributed by atoms with Gasteiger partial charge < -0.3 is 9.64 Å². The van der Waals surface area contributed by atoms with Gasteiger partial charge in [-0.05, 0) is 40.2 Å². The predicted molar refractivity (Wildman–Crippen MR) is 76.9 cm³/mol. The quantitative estimate of drug-likeness (QED) is 0.747. The van der Waals surface area contributed by atoms with Crippen molar-refractivity contribution in [1.29, 1.82) is 0 Å². The molecule has 1 atom stereocenters. The summed E-state index contributed by atoms with van der Waals surface area (Å²) in [7, 11) is 0. The molecule has 1 saturated heterocycles. The van der Waals surface area contributed by atoms with E-state index in [4.69, 9.17) is 16.3 Å². The fourth-order valence-corrected chi connectivity index (χ4v) is 2.49. The Kier molecular flexibility index (Phi) is 4.18. The van der Waals surface area contributed by atoms with Crippen molar-refractivity contribution < 1.29 is 9.53 Å². The van der Waals surface area contributed by atoms with E-state index in [2.05, 4.69) is 9.97 Å². The lowest BCUT2D eigenvalue weighted by Crippen LogP contribution is -2.35. The molecule has 0 saturated carbocycles. The average molecular weight is 298 g/mol. The molecule has 0 aromatic carbocycles. The largest absolute Gasteiger partial charge is 0.444 e. The molecule has 0 N–H and O–H groups in total. The molecule has 0 aliphatic carbocycles. The van der Waals surface area contributed by atoms with Crippen LogP contribution in [0.1, 0.15) is 44.6 Å². The zero-order valence-electron chi connectivity index (χ0n) is 12.3. The molecule has 5 nitrogen and oxygen atoms in total. The molecule has 20 heavy (non-hydrogen) atoms. The molecule has 1 aromatic heterocycles. The minimum Gasteiger partial charge on any atom is -0.444 e. The van der Waals surface area contributed by atoms with Crippen molar-refractivity contribution >= 4 is 17.7 Å². The standard InChI is InChI=1S/C14H20ClN3O2/c1-9-16-11(7-12(15)17-9)10-5-6-18(8-10)13(19)20-14(2,3)4/h7,10H,5-6,8H2,1-4H3/t10-/m0/s1. The highest BCUT2D eigenvalue weighted by Gasteiger charge is 2.31. The van der Waals surface area contributed by atoms with Crippen molar-refractivity contribution in [3.05, 3.63) is 22.7 Å². The van der Waals surface area contributed by atoms with Crippen molar-refractivity contribution in [2.75, 3.05) is 13.1 Å². The van der Waals surface area contributed by atoms with Gasteiger partial charge in [-0.1, -0.05) is 11.6 Å². The summed E-state index contributed by atoms with van der Waals surface area (Å²) < 4.78 is 5.38. The first-order valence-electron chi connectivity index (χ1n) is 6.73. The molecule has 0 bridgehead atoms. The Bertz CT molecular complexity index is 493. The van der Waals surface area contributed by atoms with E-state index >= 15 is 0 Å². The molecule has 1 amide bonds. The third-order valence-corrected chi connectivity index (χ3v) is 3.28. The van der Waals surface area contributed by atoms with Crippen molar-refractivity contribution in [3.8, 4) is 0 Å². The number of likely N-dealkylation sites (tertiary alicyclic amines) is 1. The third kappa shape index (κ3) is 3.82. The van der Waals surface area contributed by atoms with Crippen LogP contribution in [-0.2, 0) is 4.74 Å². The van der Waals surface area contributed by atoms with Gasteiger partial charge in [-0.25, -0.2) is 14.8 Å². The first-order chi connectivity index (χ1) is 9.24. The predicted octanol–water partition coefficient (Wildman–Crippen LogP) is 3.16. The second-order valence-electron chi connectivity index (χ2n) is 6.07. The number of aryl methyl sites for hydroxylation is 1.